The zero-order valence-corrected chi connectivity index (χ0v) is 21.1. The molecule has 0 unspecified atom stereocenters. The number of benzene rings is 2. The lowest BCUT2D eigenvalue weighted by molar-refractivity contribution is -0.111. The number of aliphatic hydroxyl groups excluding tert-OH is 1. The molecule has 10 heteroatoms. The van der Waals surface area contributed by atoms with Crippen molar-refractivity contribution < 1.29 is 27.4 Å². The molecule has 0 bridgehead atoms. The van der Waals surface area contributed by atoms with E-state index in [2.05, 4.69) is 9.62 Å². The number of nitrogens with zero attached hydrogens (tertiary/aromatic N) is 1. The Hall–Kier alpha value is -2.72. The van der Waals surface area contributed by atoms with Gasteiger partial charge in [-0.1, -0.05) is 29.8 Å². The number of anilines is 1. The Labute approximate surface area is 209 Å². The maximum atomic E-state index is 13.2. The van der Waals surface area contributed by atoms with Gasteiger partial charge in [0.15, 0.2) is 5.78 Å². The topological polar surface area (TPSA) is 95.9 Å². The van der Waals surface area contributed by atoms with Crippen LogP contribution >= 0.6 is 11.6 Å². The molecular weight excluding hydrogens is 495 g/mol. The molecule has 0 fully saturated rings. The summed E-state index contributed by atoms with van der Waals surface area (Å²) < 4.78 is 44.3. The maximum absolute atomic E-state index is 13.2. The van der Waals surface area contributed by atoms with E-state index in [0.29, 0.717) is 42.9 Å². The third-order valence-electron chi connectivity index (χ3n) is 5.53. The molecule has 7 nitrogen and oxygen atoms in total. The Morgan fingerprint density at radius 3 is 2.66 bits per heavy atom. The number of sulfonamides is 1. The van der Waals surface area contributed by atoms with E-state index in [-0.39, 0.29) is 34.8 Å². The van der Waals surface area contributed by atoms with E-state index < -0.39 is 10.0 Å². The molecule has 1 atom stereocenters. The van der Waals surface area contributed by atoms with Gasteiger partial charge < -0.3 is 9.84 Å². The Kier molecular flexibility index (Phi) is 9.07. The predicted molar refractivity (Wildman–Crippen MR) is 135 cm³/mol. The summed E-state index contributed by atoms with van der Waals surface area (Å²) in [7, 11) is -2.14. The summed E-state index contributed by atoms with van der Waals surface area (Å²) in [6.45, 7) is 1.62. The standard InChI is InChI=1S/C25H28ClFN2O5S/c1-34-25-12-19(23(13-22(25)26)28-35(2,32)33)5-8-24(31)20-9-10-29(15-18(11-20)16-30)14-17-3-6-21(27)7-4-17/h3-8,11-13,18,28,30H,9-10,14-16H2,1-2H3/b8-5+/t18-/m0/s1. The van der Waals surface area contributed by atoms with Gasteiger partial charge >= 0.3 is 0 Å². The fourth-order valence-electron chi connectivity index (χ4n) is 3.85. The normalized spacial score (nSPS) is 17.2. The molecule has 1 aliphatic heterocycles. The highest BCUT2D eigenvalue weighted by molar-refractivity contribution is 7.92. The number of ether oxygens (including phenoxy) is 1. The van der Waals surface area contributed by atoms with Crippen LogP contribution in [0.1, 0.15) is 17.5 Å². The smallest absolute Gasteiger partial charge is 0.229 e. The second kappa shape index (κ2) is 11.8. The van der Waals surface area contributed by atoms with Gasteiger partial charge in [0.2, 0.25) is 10.0 Å². The Morgan fingerprint density at radius 1 is 1.31 bits per heavy atom. The minimum atomic E-state index is -3.58. The Morgan fingerprint density at radius 2 is 2.03 bits per heavy atom. The fraction of sp³-hybridized carbons (Fsp3) is 0.320. The summed E-state index contributed by atoms with van der Waals surface area (Å²) in [5.74, 6) is -0.439. The SMILES string of the molecule is COc1cc(/C=C/C(=O)C2=C[C@H](CO)CN(Cc3ccc(F)cc3)CC2)c(NS(C)(=O)=O)cc1Cl. The van der Waals surface area contributed by atoms with Gasteiger partial charge in [-0.25, -0.2) is 12.8 Å². The predicted octanol–water partition coefficient (Wildman–Crippen LogP) is 3.88. The molecule has 0 aromatic heterocycles. The molecule has 2 aromatic carbocycles. The lowest BCUT2D eigenvalue weighted by Crippen LogP contribution is -2.29. The molecular formula is C25H28ClFN2O5S. The average Bonchev–Trinajstić information content (AvgIpc) is 3.01. The lowest BCUT2D eigenvalue weighted by atomic mass is 10.0. The van der Waals surface area contributed by atoms with Crippen molar-refractivity contribution in [2.24, 2.45) is 5.92 Å². The number of methoxy groups -OCH3 is 1. The number of carbonyl (C=O) groups is 1. The van der Waals surface area contributed by atoms with E-state index >= 15 is 0 Å². The van der Waals surface area contributed by atoms with E-state index in [1.807, 2.05) is 0 Å². The average molecular weight is 523 g/mol. The van der Waals surface area contributed by atoms with Crippen molar-refractivity contribution in [1.82, 2.24) is 4.90 Å². The number of nitrogens with one attached hydrogen (secondary N) is 1. The van der Waals surface area contributed by atoms with E-state index in [0.717, 1.165) is 11.8 Å². The minimum Gasteiger partial charge on any atom is -0.495 e. The van der Waals surface area contributed by atoms with Crippen molar-refractivity contribution in [1.29, 1.82) is 0 Å². The van der Waals surface area contributed by atoms with Crippen LogP contribution < -0.4 is 9.46 Å². The molecule has 1 aliphatic rings. The molecule has 3 rings (SSSR count). The quantitative estimate of drug-likeness (QED) is 0.485. The Balaban J connectivity index is 1.78. The highest BCUT2D eigenvalue weighted by Gasteiger charge is 2.20. The van der Waals surface area contributed by atoms with Crippen LogP contribution in [-0.2, 0) is 21.4 Å². The number of ketones is 1. The zero-order valence-electron chi connectivity index (χ0n) is 19.5. The van der Waals surface area contributed by atoms with Crippen LogP contribution in [0, 0.1) is 11.7 Å². The second-order valence-corrected chi connectivity index (χ2v) is 10.5. The Bertz CT molecular complexity index is 1230. The van der Waals surface area contributed by atoms with Crippen LogP contribution in [0.5, 0.6) is 5.75 Å². The second-order valence-electron chi connectivity index (χ2n) is 8.39. The van der Waals surface area contributed by atoms with E-state index in [1.165, 1.54) is 37.5 Å². The maximum Gasteiger partial charge on any atom is 0.229 e. The lowest BCUT2D eigenvalue weighted by Gasteiger charge is -2.23. The summed E-state index contributed by atoms with van der Waals surface area (Å²) in [6, 6.07) is 9.23. The molecule has 35 heavy (non-hydrogen) atoms. The molecule has 0 radical (unpaired) electrons. The monoisotopic (exact) mass is 522 g/mol. The van der Waals surface area contributed by atoms with Gasteiger partial charge in [-0.15, -0.1) is 0 Å². The molecule has 2 N–H and O–H groups in total. The first kappa shape index (κ1) is 26.9. The minimum absolute atomic E-state index is 0.114. The van der Waals surface area contributed by atoms with Crippen LogP contribution in [0.25, 0.3) is 6.08 Å². The number of carbonyl (C=O) groups excluding carboxylic acids is 1. The van der Waals surface area contributed by atoms with Crippen LogP contribution in [0.15, 0.2) is 54.1 Å². The van der Waals surface area contributed by atoms with Gasteiger partial charge in [-0.3, -0.25) is 14.4 Å². The number of aliphatic hydroxyl groups is 1. The first-order valence-corrected chi connectivity index (χ1v) is 13.2. The van der Waals surface area contributed by atoms with E-state index in [9.17, 15) is 22.7 Å². The van der Waals surface area contributed by atoms with Crippen molar-refractivity contribution in [3.05, 3.63) is 76.1 Å². The van der Waals surface area contributed by atoms with E-state index in [1.54, 1.807) is 24.3 Å². The van der Waals surface area contributed by atoms with Crippen molar-refractivity contribution >= 4 is 39.2 Å². The van der Waals surface area contributed by atoms with Crippen LogP contribution in [-0.4, -0.2) is 57.3 Å². The van der Waals surface area contributed by atoms with Gasteiger partial charge in [0.25, 0.3) is 0 Å². The van der Waals surface area contributed by atoms with Crippen molar-refractivity contribution in [2.75, 3.05) is 37.8 Å². The molecule has 0 spiro atoms. The first-order valence-electron chi connectivity index (χ1n) is 10.9. The highest BCUT2D eigenvalue weighted by atomic mass is 35.5. The van der Waals surface area contributed by atoms with Crippen molar-refractivity contribution in [3.63, 3.8) is 0 Å². The number of hydrogen-bond acceptors (Lipinski definition) is 6. The van der Waals surface area contributed by atoms with Crippen LogP contribution in [0.2, 0.25) is 5.02 Å². The van der Waals surface area contributed by atoms with Crippen molar-refractivity contribution in [2.45, 2.75) is 13.0 Å². The van der Waals surface area contributed by atoms with Crippen LogP contribution in [0.3, 0.4) is 0 Å². The first-order chi connectivity index (χ1) is 16.6. The van der Waals surface area contributed by atoms with E-state index in [4.69, 9.17) is 16.3 Å². The molecule has 0 saturated heterocycles. The third kappa shape index (κ3) is 7.90. The highest BCUT2D eigenvalue weighted by Crippen LogP contribution is 2.32. The number of halogens is 2. The summed E-state index contributed by atoms with van der Waals surface area (Å²) in [4.78, 5) is 15.1. The molecule has 2 aromatic rings. The number of hydrogen-bond donors (Lipinski definition) is 2. The summed E-state index contributed by atoms with van der Waals surface area (Å²) in [5.41, 5.74) is 2.13. The number of allylic oxidation sites excluding steroid dienone is 1. The van der Waals surface area contributed by atoms with Crippen molar-refractivity contribution in [3.8, 4) is 5.75 Å². The molecule has 0 saturated carbocycles. The summed E-state index contributed by atoms with van der Waals surface area (Å²) in [5, 5.41) is 10.1. The molecule has 188 valence electrons. The van der Waals surface area contributed by atoms with Gasteiger partial charge in [0, 0.05) is 31.1 Å². The third-order valence-corrected chi connectivity index (χ3v) is 6.42. The molecule has 0 aliphatic carbocycles. The molecule has 1 heterocycles. The largest absolute Gasteiger partial charge is 0.495 e. The van der Waals surface area contributed by atoms with Gasteiger partial charge in [-0.2, -0.15) is 0 Å². The van der Waals surface area contributed by atoms with Gasteiger partial charge in [-0.05, 0) is 54.0 Å². The fourth-order valence-corrected chi connectivity index (χ4v) is 4.67. The van der Waals surface area contributed by atoms with Gasteiger partial charge in [0.1, 0.15) is 11.6 Å². The summed E-state index contributed by atoms with van der Waals surface area (Å²) in [6.07, 6.45) is 6.15. The van der Waals surface area contributed by atoms with Crippen LogP contribution in [0.4, 0.5) is 10.1 Å². The molecule has 0 amide bonds. The zero-order chi connectivity index (χ0) is 25.6. The van der Waals surface area contributed by atoms with Gasteiger partial charge in [0.05, 0.1) is 30.7 Å². The summed E-state index contributed by atoms with van der Waals surface area (Å²) >= 11 is 6.14. The number of rotatable bonds is 9.